The summed E-state index contributed by atoms with van der Waals surface area (Å²) in [4.78, 5) is 0. The Balaban J connectivity index is 2.54. The van der Waals surface area contributed by atoms with Crippen molar-refractivity contribution in [3.05, 3.63) is 29.3 Å². The molecule has 0 amide bonds. The van der Waals surface area contributed by atoms with Gasteiger partial charge in [-0.15, -0.1) is 5.10 Å². The number of para-hydroxylation sites is 1. The summed E-state index contributed by atoms with van der Waals surface area (Å²) >= 11 is 7.49. The molecule has 0 atom stereocenters. The number of aromatic nitrogens is 4. The predicted octanol–water partition coefficient (Wildman–Crippen LogP) is 2.04. The topological polar surface area (TPSA) is 43.6 Å². The van der Waals surface area contributed by atoms with E-state index in [2.05, 4.69) is 15.5 Å². The summed E-state index contributed by atoms with van der Waals surface area (Å²) in [5.41, 5.74) is 0.795. The molecular formula is C8H7ClN4S. The van der Waals surface area contributed by atoms with Crippen molar-refractivity contribution in [2.75, 3.05) is 6.26 Å². The van der Waals surface area contributed by atoms with Gasteiger partial charge in [0.1, 0.15) is 0 Å². The highest BCUT2D eigenvalue weighted by molar-refractivity contribution is 7.98. The molecule has 0 fully saturated rings. The molecule has 4 nitrogen and oxygen atoms in total. The zero-order valence-corrected chi connectivity index (χ0v) is 8.96. The number of thioether (sulfide) groups is 1. The van der Waals surface area contributed by atoms with Gasteiger partial charge in [0.05, 0.1) is 10.7 Å². The van der Waals surface area contributed by atoms with Gasteiger partial charge < -0.3 is 0 Å². The van der Waals surface area contributed by atoms with E-state index in [1.165, 1.54) is 11.8 Å². The maximum Gasteiger partial charge on any atom is 0.213 e. The van der Waals surface area contributed by atoms with E-state index in [1.54, 1.807) is 4.68 Å². The smallest absolute Gasteiger partial charge is 0.186 e. The normalized spacial score (nSPS) is 10.4. The Morgan fingerprint density at radius 2 is 2.14 bits per heavy atom. The largest absolute Gasteiger partial charge is 0.213 e. The third-order valence-corrected chi connectivity index (χ3v) is 2.64. The molecule has 1 aromatic carbocycles. The van der Waals surface area contributed by atoms with Crippen molar-refractivity contribution in [1.29, 1.82) is 0 Å². The summed E-state index contributed by atoms with van der Waals surface area (Å²) in [5.74, 6) is 0. The minimum absolute atomic E-state index is 0.634. The van der Waals surface area contributed by atoms with Crippen LogP contribution in [0.2, 0.25) is 5.02 Å². The minimum atomic E-state index is 0.634. The molecule has 6 heteroatoms. The van der Waals surface area contributed by atoms with Crippen molar-refractivity contribution in [2.45, 2.75) is 5.16 Å². The van der Waals surface area contributed by atoms with Crippen molar-refractivity contribution >= 4 is 23.4 Å². The molecule has 0 aliphatic heterocycles. The van der Waals surface area contributed by atoms with Crippen molar-refractivity contribution < 1.29 is 0 Å². The van der Waals surface area contributed by atoms with Crippen molar-refractivity contribution in [2.24, 2.45) is 0 Å². The first-order valence-corrected chi connectivity index (χ1v) is 5.50. The summed E-state index contributed by atoms with van der Waals surface area (Å²) < 4.78 is 1.62. The molecule has 1 heterocycles. The first kappa shape index (κ1) is 9.48. The van der Waals surface area contributed by atoms with Gasteiger partial charge in [-0.05, 0) is 28.8 Å². The monoisotopic (exact) mass is 226 g/mol. The molecule has 2 aromatic rings. The maximum absolute atomic E-state index is 6.02. The molecular weight excluding hydrogens is 220 g/mol. The van der Waals surface area contributed by atoms with Gasteiger partial charge in [0, 0.05) is 0 Å². The van der Waals surface area contributed by atoms with Crippen LogP contribution in [0.3, 0.4) is 0 Å². The average Bonchev–Trinajstić information content (AvgIpc) is 2.66. The summed E-state index contributed by atoms with van der Waals surface area (Å²) in [6.45, 7) is 0. The molecule has 14 heavy (non-hydrogen) atoms. The zero-order valence-electron chi connectivity index (χ0n) is 7.38. The van der Waals surface area contributed by atoms with Gasteiger partial charge in [-0.1, -0.05) is 35.5 Å². The van der Waals surface area contributed by atoms with Gasteiger partial charge in [-0.25, -0.2) is 0 Å². The van der Waals surface area contributed by atoms with Crippen molar-refractivity contribution in [1.82, 2.24) is 20.2 Å². The predicted molar refractivity (Wildman–Crippen MR) is 55.9 cm³/mol. The fraction of sp³-hybridized carbons (Fsp3) is 0.125. The fourth-order valence-electron chi connectivity index (χ4n) is 1.08. The molecule has 0 radical (unpaired) electrons. The Bertz CT molecular complexity index is 442. The van der Waals surface area contributed by atoms with Crippen LogP contribution in [0.1, 0.15) is 0 Å². The average molecular weight is 227 g/mol. The SMILES string of the molecule is CSc1nnnn1-c1ccccc1Cl. The molecule has 0 N–H and O–H groups in total. The molecule has 0 bridgehead atoms. The van der Waals surface area contributed by atoms with Crippen LogP contribution in [0.5, 0.6) is 0 Å². The maximum atomic E-state index is 6.02. The van der Waals surface area contributed by atoms with Gasteiger partial charge in [0.2, 0.25) is 5.16 Å². The van der Waals surface area contributed by atoms with Gasteiger partial charge in [0.15, 0.2) is 0 Å². The van der Waals surface area contributed by atoms with Gasteiger partial charge in [-0.3, -0.25) is 0 Å². The van der Waals surface area contributed by atoms with E-state index in [9.17, 15) is 0 Å². The number of benzene rings is 1. The third-order valence-electron chi connectivity index (χ3n) is 1.70. The number of rotatable bonds is 2. The van der Waals surface area contributed by atoms with Gasteiger partial charge in [-0.2, -0.15) is 4.68 Å². The Labute approximate surface area is 90.3 Å². The van der Waals surface area contributed by atoms with Crippen LogP contribution in [0.25, 0.3) is 5.69 Å². The molecule has 0 spiro atoms. The highest BCUT2D eigenvalue weighted by Gasteiger charge is 2.08. The molecule has 0 aliphatic rings. The van der Waals surface area contributed by atoms with E-state index in [-0.39, 0.29) is 0 Å². The highest BCUT2D eigenvalue weighted by Crippen LogP contribution is 2.22. The van der Waals surface area contributed by atoms with E-state index >= 15 is 0 Å². The second-order valence-corrected chi connectivity index (χ2v) is 3.71. The molecule has 2 rings (SSSR count). The molecule has 0 saturated heterocycles. The number of hydrogen-bond acceptors (Lipinski definition) is 4. The lowest BCUT2D eigenvalue weighted by molar-refractivity contribution is 0.757. The molecule has 0 saturated carbocycles. The van der Waals surface area contributed by atoms with Crippen LogP contribution in [0.4, 0.5) is 0 Å². The summed E-state index contributed by atoms with van der Waals surface area (Å²) in [7, 11) is 0. The van der Waals surface area contributed by atoms with E-state index in [1.807, 2.05) is 30.5 Å². The molecule has 0 aliphatic carbocycles. The number of hydrogen-bond donors (Lipinski definition) is 0. The lowest BCUT2D eigenvalue weighted by atomic mass is 10.3. The lowest BCUT2D eigenvalue weighted by Crippen LogP contribution is -1.98. The summed E-state index contributed by atoms with van der Waals surface area (Å²) in [5, 5.41) is 12.7. The first-order chi connectivity index (χ1) is 6.83. The highest BCUT2D eigenvalue weighted by atomic mass is 35.5. The van der Waals surface area contributed by atoms with Crippen LogP contribution < -0.4 is 0 Å². The van der Waals surface area contributed by atoms with Gasteiger partial charge in [0.25, 0.3) is 0 Å². The van der Waals surface area contributed by atoms with Crippen LogP contribution in [0.15, 0.2) is 29.4 Å². The molecule has 1 aromatic heterocycles. The standard InChI is InChI=1S/C8H7ClN4S/c1-14-8-10-11-12-13(8)7-5-3-2-4-6(7)9/h2-5H,1H3. The Morgan fingerprint density at radius 3 is 2.86 bits per heavy atom. The van der Waals surface area contributed by atoms with E-state index in [4.69, 9.17) is 11.6 Å². The van der Waals surface area contributed by atoms with Crippen molar-refractivity contribution in [3.63, 3.8) is 0 Å². The number of nitrogens with zero attached hydrogens (tertiary/aromatic N) is 4. The fourth-order valence-corrected chi connectivity index (χ4v) is 1.72. The summed E-state index contributed by atoms with van der Waals surface area (Å²) in [6, 6.07) is 7.45. The molecule has 0 unspecified atom stereocenters. The van der Waals surface area contributed by atoms with Crippen LogP contribution in [0, 0.1) is 0 Å². The first-order valence-electron chi connectivity index (χ1n) is 3.90. The summed E-state index contributed by atoms with van der Waals surface area (Å²) in [6.07, 6.45) is 1.92. The number of halogens is 1. The lowest BCUT2D eigenvalue weighted by Gasteiger charge is -2.03. The third kappa shape index (κ3) is 1.60. The van der Waals surface area contributed by atoms with Crippen LogP contribution in [-0.2, 0) is 0 Å². The Kier molecular flexibility index (Phi) is 2.69. The van der Waals surface area contributed by atoms with Crippen LogP contribution >= 0.6 is 23.4 Å². The van der Waals surface area contributed by atoms with E-state index in [0.29, 0.717) is 5.02 Å². The Morgan fingerprint density at radius 1 is 1.36 bits per heavy atom. The number of tetrazole rings is 1. The van der Waals surface area contributed by atoms with Crippen molar-refractivity contribution in [3.8, 4) is 5.69 Å². The zero-order chi connectivity index (χ0) is 9.97. The quantitative estimate of drug-likeness (QED) is 0.735. The second kappa shape index (κ2) is 3.98. The molecule has 72 valence electrons. The Hall–Kier alpha value is -1.07. The van der Waals surface area contributed by atoms with E-state index in [0.717, 1.165) is 10.8 Å². The van der Waals surface area contributed by atoms with E-state index < -0.39 is 0 Å². The van der Waals surface area contributed by atoms with Crippen LogP contribution in [-0.4, -0.2) is 26.5 Å². The van der Waals surface area contributed by atoms with Gasteiger partial charge >= 0.3 is 0 Å². The second-order valence-electron chi connectivity index (χ2n) is 2.53. The minimum Gasteiger partial charge on any atom is -0.186 e.